The van der Waals surface area contributed by atoms with Gasteiger partial charge in [0.1, 0.15) is 5.75 Å². The van der Waals surface area contributed by atoms with E-state index in [0.29, 0.717) is 23.5 Å². The molecule has 0 bridgehead atoms. The molecular formula is C30H37N3O3. The van der Waals surface area contributed by atoms with Crippen molar-refractivity contribution in [1.29, 1.82) is 0 Å². The maximum atomic E-state index is 13.6. The number of anilines is 2. The first-order valence-electron chi connectivity index (χ1n) is 12.1. The smallest absolute Gasteiger partial charge is 0.255 e. The molecule has 1 atom stereocenters. The lowest BCUT2D eigenvalue weighted by Crippen LogP contribution is -2.40. The number of methoxy groups -OCH3 is 1. The molecule has 0 radical (unpaired) electrons. The Morgan fingerprint density at radius 1 is 0.944 bits per heavy atom. The fourth-order valence-corrected chi connectivity index (χ4v) is 4.08. The van der Waals surface area contributed by atoms with Crippen molar-refractivity contribution in [1.82, 2.24) is 4.90 Å². The minimum absolute atomic E-state index is 0.0660. The predicted octanol–water partition coefficient (Wildman–Crippen LogP) is 6.15. The van der Waals surface area contributed by atoms with Gasteiger partial charge in [0.15, 0.2) is 0 Å². The Morgan fingerprint density at radius 3 is 2.14 bits per heavy atom. The van der Waals surface area contributed by atoms with E-state index in [1.165, 1.54) is 0 Å². The molecule has 190 valence electrons. The summed E-state index contributed by atoms with van der Waals surface area (Å²) in [6.07, 6.45) is 0. The molecule has 0 aromatic heterocycles. The Kier molecular flexibility index (Phi) is 8.41. The maximum absolute atomic E-state index is 13.6. The van der Waals surface area contributed by atoms with Crippen molar-refractivity contribution in [3.63, 3.8) is 0 Å². The summed E-state index contributed by atoms with van der Waals surface area (Å²) >= 11 is 0. The zero-order valence-electron chi connectivity index (χ0n) is 22.3. The van der Waals surface area contributed by atoms with Crippen molar-refractivity contribution in [2.75, 3.05) is 31.4 Å². The number of carbonyl (C=O) groups excluding carboxylic acids is 2. The van der Waals surface area contributed by atoms with Crippen molar-refractivity contribution in [2.24, 2.45) is 5.41 Å². The summed E-state index contributed by atoms with van der Waals surface area (Å²) in [5.74, 6) is 0.554. The van der Waals surface area contributed by atoms with E-state index in [1.807, 2.05) is 93.2 Å². The van der Waals surface area contributed by atoms with Crippen molar-refractivity contribution in [3.05, 3.63) is 89.5 Å². The fourth-order valence-electron chi connectivity index (χ4n) is 4.08. The topological polar surface area (TPSA) is 61.9 Å². The molecule has 0 heterocycles. The second-order valence-corrected chi connectivity index (χ2v) is 10.2. The van der Waals surface area contributed by atoms with Gasteiger partial charge in [-0.2, -0.15) is 0 Å². The molecule has 0 saturated carbocycles. The van der Waals surface area contributed by atoms with Crippen molar-refractivity contribution in [2.45, 2.75) is 40.3 Å². The van der Waals surface area contributed by atoms with Crippen LogP contribution < -0.4 is 15.0 Å². The first-order valence-corrected chi connectivity index (χ1v) is 12.1. The Morgan fingerprint density at radius 2 is 1.58 bits per heavy atom. The van der Waals surface area contributed by atoms with Gasteiger partial charge in [-0.3, -0.25) is 9.59 Å². The number of nitrogens with zero attached hydrogens (tertiary/aromatic N) is 2. The largest absolute Gasteiger partial charge is 0.497 e. The van der Waals surface area contributed by atoms with Crippen LogP contribution in [0.4, 0.5) is 11.4 Å². The van der Waals surface area contributed by atoms with Crippen molar-refractivity contribution >= 4 is 23.2 Å². The highest BCUT2D eigenvalue weighted by molar-refractivity contribution is 6.04. The van der Waals surface area contributed by atoms with E-state index in [0.717, 1.165) is 16.8 Å². The molecule has 0 aliphatic rings. The Hall–Kier alpha value is -3.80. The number of carbonyl (C=O) groups is 2. The van der Waals surface area contributed by atoms with Gasteiger partial charge in [-0.25, -0.2) is 0 Å². The van der Waals surface area contributed by atoms with E-state index in [2.05, 4.69) is 12.2 Å². The van der Waals surface area contributed by atoms with Gasteiger partial charge >= 0.3 is 0 Å². The minimum Gasteiger partial charge on any atom is -0.497 e. The SMILES string of the molecule is COc1ccc(C(=O)Nc2ccc(N(C)C)c(CN(C(=O)C(C)(C)C)[C@@H](C)c3ccccc3)c2)cc1. The van der Waals surface area contributed by atoms with E-state index >= 15 is 0 Å². The molecule has 6 nitrogen and oxygen atoms in total. The van der Waals surface area contributed by atoms with Crippen LogP contribution in [-0.2, 0) is 11.3 Å². The Bertz CT molecular complexity index is 1180. The number of benzene rings is 3. The average molecular weight is 488 g/mol. The van der Waals surface area contributed by atoms with Crippen LogP contribution in [0.1, 0.15) is 55.2 Å². The molecule has 6 heteroatoms. The molecule has 0 saturated heterocycles. The third-order valence-electron chi connectivity index (χ3n) is 6.16. The summed E-state index contributed by atoms with van der Waals surface area (Å²) in [4.78, 5) is 30.4. The van der Waals surface area contributed by atoms with Gasteiger partial charge in [-0.15, -0.1) is 0 Å². The molecule has 0 aliphatic heterocycles. The van der Waals surface area contributed by atoms with Crippen molar-refractivity contribution in [3.8, 4) is 5.75 Å². The highest BCUT2D eigenvalue weighted by atomic mass is 16.5. The van der Waals surface area contributed by atoms with Crippen LogP contribution >= 0.6 is 0 Å². The normalized spacial score (nSPS) is 12.0. The molecule has 0 fully saturated rings. The lowest BCUT2D eigenvalue weighted by atomic mass is 9.92. The van der Waals surface area contributed by atoms with E-state index < -0.39 is 5.41 Å². The van der Waals surface area contributed by atoms with E-state index in [-0.39, 0.29) is 17.9 Å². The van der Waals surface area contributed by atoms with E-state index in [9.17, 15) is 9.59 Å². The number of rotatable bonds is 8. The lowest BCUT2D eigenvalue weighted by Gasteiger charge is -2.35. The zero-order valence-corrected chi connectivity index (χ0v) is 22.3. The predicted molar refractivity (Wildman–Crippen MR) is 147 cm³/mol. The van der Waals surface area contributed by atoms with Crippen LogP contribution in [0.25, 0.3) is 0 Å². The molecular weight excluding hydrogens is 450 g/mol. The summed E-state index contributed by atoms with van der Waals surface area (Å²) in [6.45, 7) is 8.30. The molecule has 0 aliphatic carbocycles. The van der Waals surface area contributed by atoms with E-state index in [4.69, 9.17) is 4.74 Å². The van der Waals surface area contributed by atoms with E-state index in [1.54, 1.807) is 31.4 Å². The fraction of sp³-hybridized carbons (Fsp3) is 0.333. The molecule has 3 rings (SSSR count). The Labute approximate surface area is 214 Å². The minimum atomic E-state index is -0.540. The molecule has 3 aromatic carbocycles. The van der Waals surface area contributed by atoms with Gasteiger partial charge in [0.05, 0.1) is 13.2 Å². The van der Waals surface area contributed by atoms with Gasteiger partial charge < -0.3 is 19.9 Å². The number of amides is 2. The first kappa shape index (κ1) is 26.8. The highest BCUT2D eigenvalue weighted by Crippen LogP contribution is 2.32. The number of nitrogens with one attached hydrogen (secondary N) is 1. The van der Waals surface area contributed by atoms with Crippen molar-refractivity contribution < 1.29 is 14.3 Å². The molecule has 1 N–H and O–H groups in total. The third kappa shape index (κ3) is 6.45. The van der Waals surface area contributed by atoms with Crippen LogP contribution in [-0.4, -0.2) is 37.9 Å². The molecule has 36 heavy (non-hydrogen) atoms. The summed E-state index contributed by atoms with van der Waals surface area (Å²) in [6, 6.07) is 22.7. The zero-order chi connectivity index (χ0) is 26.5. The standard InChI is InChI=1S/C30H37N3O3/c1-21(22-11-9-8-10-12-22)33(29(35)30(2,3)4)20-24-19-25(15-18-27(24)32(5)6)31-28(34)23-13-16-26(36-7)17-14-23/h8-19,21H,20H2,1-7H3,(H,31,34)/t21-/m0/s1. The van der Waals surface area contributed by atoms with Gasteiger partial charge in [-0.1, -0.05) is 51.1 Å². The highest BCUT2D eigenvalue weighted by Gasteiger charge is 2.31. The quantitative estimate of drug-likeness (QED) is 0.414. The molecule has 3 aromatic rings. The molecule has 2 amide bonds. The summed E-state index contributed by atoms with van der Waals surface area (Å²) < 4.78 is 5.18. The Balaban J connectivity index is 1.95. The first-order chi connectivity index (χ1) is 17.0. The van der Waals surface area contributed by atoms with Gasteiger partial charge in [0, 0.05) is 43.0 Å². The van der Waals surface area contributed by atoms with Crippen LogP contribution in [0.5, 0.6) is 5.75 Å². The lowest BCUT2D eigenvalue weighted by molar-refractivity contribution is -0.142. The van der Waals surface area contributed by atoms with Gasteiger partial charge in [0.2, 0.25) is 5.91 Å². The second-order valence-electron chi connectivity index (χ2n) is 10.2. The average Bonchev–Trinajstić information content (AvgIpc) is 2.86. The summed E-state index contributed by atoms with van der Waals surface area (Å²) in [7, 11) is 5.55. The molecule has 0 spiro atoms. The second kappa shape index (κ2) is 11.3. The number of ether oxygens (including phenoxy) is 1. The monoisotopic (exact) mass is 487 g/mol. The van der Waals surface area contributed by atoms with Crippen LogP contribution in [0.3, 0.4) is 0 Å². The van der Waals surface area contributed by atoms with Gasteiger partial charge in [-0.05, 0) is 60.5 Å². The van der Waals surface area contributed by atoms with Gasteiger partial charge in [0.25, 0.3) is 5.91 Å². The maximum Gasteiger partial charge on any atom is 0.255 e. The van der Waals surface area contributed by atoms with Crippen LogP contribution in [0.2, 0.25) is 0 Å². The van der Waals surface area contributed by atoms with Crippen LogP contribution in [0, 0.1) is 5.41 Å². The summed E-state index contributed by atoms with van der Waals surface area (Å²) in [5.41, 5.74) is 3.69. The third-order valence-corrected chi connectivity index (χ3v) is 6.16. The summed E-state index contributed by atoms with van der Waals surface area (Å²) in [5, 5.41) is 2.99. The number of hydrogen-bond acceptors (Lipinski definition) is 4. The molecule has 0 unspecified atom stereocenters. The number of hydrogen-bond donors (Lipinski definition) is 1. The van der Waals surface area contributed by atoms with Crippen LogP contribution in [0.15, 0.2) is 72.8 Å².